The van der Waals surface area contributed by atoms with Crippen molar-refractivity contribution in [3.05, 3.63) is 60.2 Å². The number of amides is 1. The van der Waals surface area contributed by atoms with Crippen LogP contribution in [0.5, 0.6) is 0 Å². The monoisotopic (exact) mass is 365 g/mol. The Kier molecular flexibility index (Phi) is 6.88. The molecule has 0 bridgehead atoms. The minimum Gasteiger partial charge on any atom is -0.372 e. The third-order valence-electron chi connectivity index (χ3n) is 5.24. The van der Waals surface area contributed by atoms with E-state index in [4.69, 9.17) is 0 Å². The Bertz CT molecular complexity index is 704. The molecule has 2 aromatic carbocycles. The van der Waals surface area contributed by atoms with Crippen molar-refractivity contribution in [1.82, 2.24) is 4.90 Å². The highest BCUT2D eigenvalue weighted by atomic mass is 16.1. The third-order valence-corrected chi connectivity index (χ3v) is 5.24. The van der Waals surface area contributed by atoms with Crippen LogP contribution in [0.2, 0.25) is 0 Å². The number of piperidine rings is 1. The highest BCUT2D eigenvalue weighted by molar-refractivity contribution is 5.91. The molecule has 1 N–H and O–H groups in total. The zero-order chi connectivity index (χ0) is 19.1. The molecule has 1 heterocycles. The summed E-state index contributed by atoms with van der Waals surface area (Å²) in [5.74, 6) is 0.871. The number of rotatable bonds is 7. The maximum absolute atomic E-state index is 12.2. The molecule has 0 aromatic heterocycles. The smallest absolute Gasteiger partial charge is 0.224 e. The number of aryl methyl sites for hydroxylation is 1. The second-order valence-electron chi connectivity index (χ2n) is 7.77. The van der Waals surface area contributed by atoms with E-state index in [1.807, 2.05) is 30.3 Å². The molecule has 1 saturated heterocycles. The SMILES string of the molecule is CN(C)CC1CCN(c2ccc(NC(=O)CCc3ccccc3)cc2)CC1. The van der Waals surface area contributed by atoms with Gasteiger partial charge in [0.2, 0.25) is 5.91 Å². The average molecular weight is 366 g/mol. The van der Waals surface area contributed by atoms with Crippen molar-refractivity contribution < 1.29 is 4.79 Å². The number of anilines is 2. The van der Waals surface area contributed by atoms with Crippen molar-refractivity contribution in [2.24, 2.45) is 5.92 Å². The van der Waals surface area contributed by atoms with Crippen LogP contribution in [0.4, 0.5) is 11.4 Å². The normalized spacial score (nSPS) is 15.1. The molecule has 4 heteroatoms. The quantitative estimate of drug-likeness (QED) is 0.804. The highest BCUT2D eigenvalue weighted by Crippen LogP contribution is 2.25. The molecule has 0 atom stereocenters. The molecule has 1 amide bonds. The Morgan fingerprint density at radius 1 is 1.04 bits per heavy atom. The molecule has 4 nitrogen and oxygen atoms in total. The third kappa shape index (κ3) is 6.10. The van der Waals surface area contributed by atoms with Crippen LogP contribution in [0, 0.1) is 5.92 Å². The molecule has 0 saturated carbocycles. The minimum atomic E-state index is 0.0658. The molecule has 1 aliphatic heterocycles. The summed E-state index contributed by atoms with van der Waals surface area (Å²) >= 11 is 0. The Morgan fingerprint density at radius 2 is 1.70 bits per heavy atom. The highest BCUT2D eigenvalue weighted by Gasteiger charge is 2.19. The first-order valence-corrected chi connectivity index (χ1v) is 9.93. The van der Waals surface area contributed by atoms with Crippen molar-refractivity contribution in [3.63, 3.8) is 0 Å². The van der Waals surface area contributed by atoms with Crippen LogP contribution in [-0.4, -0.2) is 44.5 Å². The van der Waals surface area contributed by atoms with Gasteiger partial charge in [-0.1, -0.05) is 30.3 Å². The van der Waals surface area contributed by atoms with Crippen LogP contribution in [0.25, 0.3) is 0 Å². The van der Waals surface area contributed by atoms with Crippen molar-refractivity contribution >= 4 is 17.3 Å². The fourth-order valence-electron chi connectivity index (χ4n) is 3.77. The molecule has 0 radical (unpaired) electrons. The number of hydrogen-bond donors (Lipinski definition) is 1. The summed E-state index contributed by atoms with van der Waals surface area (Å²) in [5, 5.41) is 3.01. The molecule has 1 aliphatic rings. The Balaban J connectivity index is 1.45. The van der Waals surface area contributed by atoms with Gasteiger partial charge in [-0.3, -0.25) is 4.79 Å². The number of benzene rings is 2. The summed E-state index contributed by atoms with van der Waals surface area (Å²) in [6, 6.07) is 18.4. The predicted molar refractivity (Wildman–Crippen MR) is 113 cm³/mol. The predicted octanol–water partition coefficient (Wildman–Crippen LogP) is 4.04. The molecule has 27 heavy (non-hydrogen) atoms. The summed E-state index contributed by atoms with van der Waals surface area (Å²) in [5.41, 5.74) is 3.32. The van der Waals surface area contributed by atoms with E-state index in [0.717, 1.165) is 31.1 Å². The first kappa shape index (κ1) is 19.4. The van der Waals surface area contributed by atoms with Crippen molar-refractivity contribution in [2.45, 2.75) is 25.7 Å². The Morgan fingerprint density at radius 3 is 2.33 bits per heavy atom. The van der Waals surface area contributed by atoms with Gasteiger partial charge in [-0.15, -0.1) is 0 Å². The van der Waals surface area contributed by atoms with Crippen LogP contribution in [0.3, 0.4) is 0 Å². The molecule has 2 aromatic rings. The summed E-state index contributed by atoms with van der Waals surface area (Å²) in [6.45, 7) is 3.41. The van der Waals surface area contributed by atoms with E-state index >= 15 is 0 Å². The van der Waals surface area contributed by atoms with Crippen LogP contribution < -0.4 is 10.2 Å². The average Bonchev–Trinajstić information content (AvgIpc) is 2.68. The molecule has 144 valence electrons. The van der Waals surface area contributed by atoms with Gasteiger partial charge >= 0.3 is 0 Å². The summed E-state index contributed by atoms with van der Waals surface area (Å²) in [4.78, 5) is 16.9. The van der Waals surface area contributed by atoms with Crippen LogP contribution in [-0.2, 0) is 11.2 Å². The molecule has 1 fully saturated rings. The fourth-order valence-corrected chi connectivity index (χ4v) is 3.77. The largest absolute Gasteiger partial charge is 0.372 e. The zero-order valence-electron chi connectivity index (χ0n) is 16.5. The number of carbonyl (C=O) groups excluding carboxylic acids is 1. The number of carbonyl (C=O) groups is 1. The van der Waals surface area contributed by atoms with Crippen LogP contribution in [0.15, 0.2) is 54.6 Å². The molecule has 3 rings (SSSR count). The summed E-state index contributed by atoms with van der Waals surface area (Å²) < 4.78 is 0. The van der Waals surface area contributed by atoms with Crippen LogP contribution >= 0.6 is 0 Å². The molecular weight excluding hydrogens is 334 g/mol. The molecule has 0 aliphatic carbocycles. The Labute approximate surface area is 163 Å². The minimum absolute atomic E-state index is 0.0658. The first-order chi connectivity index (χ1) is 13.1. The van der Waals surface area contributed by atoms with E-state index in [-0.39, 0.29) is 5.91 Å². The molecular formula is C23H31N3O. The maximum Gasteiger partial charge on any atom is 0.224 e. The summed E-state index contributed by atoms with van der Waals surface area (Å²) in [6.07, 6.45) is 3.77. The van der Waals surface area contributed by atoms with E-state index in [1.165, 1.54) is 30.6 Å². The van der Waals surface area contributed by atoms with Crippen molar-refractivity contribution in [2.75, 3.05) is 43.9 Å². The lowest BCUT2D eigenvalue weighted by atomic mass is 9.96. The second kappa shape index (κ2) is 9.56. The van der Waals surface area contributed by atoms with Gasteiger partial charge in [-0.2, -0.15) is 0 Å². The van der Waals surface area contributed by atoms with Crippen LogP contribution in [0.1, 0.15) is 24.8 Å². The van der Waals surface area contributed by atoms with Gasteiger partial charge in [0.1, 0.15) is 0 Å². The lowest BCUT2D eigenvalue weighted by Crippen LogP contribution is -2.37. The van der Waals surface area contributed by atoms with E-state index in [2.05, 4.69) is 53.5 Å². The van der Waals surface area contributed by atoms with E-state index in [0.29, 0.717) is 6.42 Å². The van der Waals surface area contributed by atoms with Gasteiger partial charge in [0.05, 0.1) is 0 Å². The fraction of sp³-hybridized carbons (Fsp3) is 0.435. The van der Waals surface area contributed by atoms with Gasteiger partial charge in [0, 0.05) is 37.4 Å². The topological polar surface area (TPSA) is 35.6 Å². The molecule has 0 unspecified atom stereocenters. The number of hydrogen-bond acceptors (Lipinski definition) is 3. The first-order valence-electron chi connectivity index (χ1n) is 9.93. The summed E-state index contributed by atoms with van der Waals surface area (Å²) in [7, 11) is 4.30. The number of nitrogens with one attached hydrogen (secondary N) is 1. The maximum atomic E-state index is 12.2. The molecule has 0 spiro atoms. The van der Waals surface area contributed by atoms with Crippen molar-refractivity contribution in [1.29, 1.82) is 0 Å². The van der Waals surface area contributed by atoms with Gasteiger partial charge in [-0.25, -0.2) is 0 Å². The van der Waals surface area contributed by atoms with E-state index < -0.39 is 0 Å². The number of nitrogens with zero attached hydrogens (tertiary/aromatic N) is 2. The zero-order valence-corrected chi connectivity index (χ0v) is 16.5. The lowest BCUT2D eigenvalue weighted by molar-refractivity contribution is -0.116. The lowest BCUT2D eigenvalue weighted by Gasteiger charge is -2.34. The standard InChI is InChI=1S/C23H31N3O/c1-25(2)18-20-14-16-26(17-15-20)22-11-9-21(10-12-22)24-23(27)13-8-19-6-4-3-5-7-19/h3-7,9-12,20H,8,13-18H2,1-2H3,(H,24,27). The van der Waals surface area contributed by atoms with Gasteiger partial charge in [0.15, 0.2) is 0 Å². The van der Waals surface area contributed by atoms with E-state index in [1.54, 1.807) is 0 Å². The van der Waals surface area contributed by atoms with Crippen molar-refractivity contribution in [3.8, 4) is 0 Å². The van der Waals surface area contributed by atoms with E-state index in [9.17, 15) is 4.79 Å². The van der Waals surface area contributed by atoms with Gasteiger partial charge < -0.3 is 15.1 Å². The second-order valence-corrected chi connectivity index (χ2v) is 7.77. The van der Waals surface area contributed by atoms with Gasteiger partial charge in [0.25, 0.3) is 0 Å². The van der Waals surface area contributed by atoms with Gasteiger partial charge in [-0.05, 0) is 69.1 Å². The Hall–Kier alpha value is -2.33.